The number of hydrogen-bond acceptors (Lipinski definition) is 3. The van der Waals surface area contributed by atoms with Crippen molar-refractivity contribution in [2.75, 3.05) is 12.3 Å². The molecule has 2 N–H and O–H groups in total. The van der Waals surface area contributed by atoms with Gasteiger partial charge in [0.1, 0.15) is 0 Å². The number of ether oxygens (including phenoxy) is 2. The largest absolute Gasteiger partial charge is 0.399 e. The lowest BCUT2D eigenvalue weighted by molar-refractivity contribution is -0.171. The van der Waals surface area contributed by atoms with E-state index in [1.54, 1.807) is 0 Å². The van der Waals surface area contributed by atoms with Crippen molar-refractivity contribution in [3.05, 3.63) is 29.8 Å². The van der Waals surface area contributed by atoms with Crippen LogP contribution < -0.4 is 5.73 Å². The first-order valence-corrected chi connectivity index (χ1v) is 6.86. The first-order chi connectivity index (χ1) is 8.76. The molecular formula is C15H21NO2. The second-order valence-corrected chi connectivity index (χ2v) is 5.55. The van der Waals surface area contributed by atoms with Crippen LogP contribution >= 0.6 is 0 Å². The molecule has 1 aromatic carbocycles. The highest BCUT2D eigenvalue weighted by molar-refractivity contribution is 5.39. The van der Waals surface area contributed by atoms with Gasteiger partial charge in [-0.3, -0.25) is 0 Å². The average Bonchev–Trinajstić information content (AvgIpc) is 2.37. The van der Waals surface area contributed by atoms with Crippen LogP contribution in [0.5, 0.6) is 0 Å². The van der Waals surface area contributed by atoms with E-state index in [2.05, 4.69) is 0 Å². The lowest BCUT2D eigenvalue weighted by Crippen LogP contribution is -2.47. The molecule has 0 aromatic heterocycles. The average molecular weight is 247 g/mol. The topological polar surface area (TPSA) is 44.5 Å². The van der Waals surface area contributed by atoms with Crippen LogP contribution in [0.15, 0.2) is 24.3 Å². The highest BCUT2D eigenvalue weighted by atomic mass is 16.5. The van der Waals surface area contributed by atoms with Crippen LogP contribution in [0, 0.1) is 0 Å². The van der Waals surface area contributed by atoms with Crippen LogP contribution in [0.25, 0.3) is 0 Å². The fourth-order valence-electron chi connectivity index (χ4n) is 2.87. The van der Waals surface area contributed by atoms with Gasteiger partial charge in [0.05, 0.1) is 18.3 Å². The Morgan fingerprint density at radius 2 is 2.06 bits per heavy atom. The molecule has 3 rings (SSSR count). The van der Waals surface area contributed by atoms with Crippen molar-refractivity contribution in [3.8, 4) is 0 Å². The smallest absolute Gasteiger partial charge is 0.0720 e. The number of nitrogens with two attached hydrogens (primary N) is 1. The lowest BCUT2D eigenvalue weighted by Gasteiger charge is -2.47. The summed E-state index contributed by atoms with van der Waals surface area (Å²) in [6.45, 7) is 1.54. The molecule has 1 saturated carbocycles. The van der Waals surface area contributed by atoms with E-state index in [0.717, 1.165) is 25.1 Å². The summed E-state index contributed by atoms with van der Waals surface area (Å²) in [5.74, 6) is 0. The third kappa shape index (κ3) is 2.52. The molecule has 1 aliphatic heterocycles. The van der Waals surface area contributed by atoms with E-state index in [9.17, 15) is 0 Å². The van der Waals surface area contributed by atoms with Gasteiger partial charge < -0.3 is 15.2 Å². The predicted molar refractivity (Wildman–Crippen MR) is 71.2 cm³/mol. The molecule has 1 unspecified atom stereocenters. The van der Waals surface area contributed by atoms with E-state index < -0.39 is 0 Å². The summed E-state index contributed by atoms with van der Waals surface area (Å²) >= 11 is 0. The number of nitrogen functional groups attached to an aromatic ring is 1. The van der Waals surface area contributed by atoms with E-state index in [4.69, 9.17) is 15.2 Å². The fraction of sp³-hybridized carbons (Fsp3) is 0.600. The highest BCUT2D eigenvalue weighted by Gasteiger charge is 2.42. The molecule has 1 heterocycles. The molecule has 2 fully saturated rings. The Labute approximate surface area is 108 Å². The Hall–Kier alpha value is -1.06. The Kier molecular flexibility index (Phi) is 3.27. The van der Waals surface area contributed by atoms with E-state index in [1.165, 1.54) is 24.8 Å². The number of benzene rings is 1. The van der Waals surface area contributed by atoms with Gasteiger partial charge in [-0.15, -0.1) is 0 Å². The number of anilines is 1. The normalized spacial score (nSPS) is 25.9. The minimum Gasteiger partial charge on any atom is -0.399 e. The monoisotopic (exact) mass is 247 g/mol. The standard InChI is InChI=1S/C15H21NO2/c16-13-4-2-12(3-5-13)11-17-14-6-9-18-15(10-14)7-1-8-15/h2-5,14H,1,6-11,16H2. The number of rotatable bonds is 3. The summed E-state index contributed by atoms with van der Waals surface area (Å²) in [4.78, 5) is 0. The Morgan fingerprint density at radius 1 is 1.28 bits per heavy atom. The molecule has 1 saturated heterocycles. The van der Waals surface area contributed by atoms with Crippen molar-refractivity contribution in [1.29, 1.82) is 0 Å². The zero-order valence-corrected chi connectivity index (χ0v) is 10.7. The van der Waals surface area contributed by atoms with Gasteiger partial charge >= 0.3 is 0 Å². The Bertz CT molecular complexity index is 397. The van der Waals surface area contributed by atoms with Crippen molar-refractivity contribution in [2.45, 2.75) is 50.4 Å². The van der Waals surface area contributed by atoms with Gasteiger partial charge in [0.15, 0.2) is 0 Å². The van der Waals surface area contributed by atoms with Crippen LogP contribution in [0.2, 0.25) is 0 Å². The van der Waals surface area contributed by atoms with Gasteiger partial charge in [-0.1, -0.05) is 12.1 Å². The van der Waals surface area contributed by atoms with Gasteiger partial charge in [-0.05, 0) is 43.4 Å². The summed E-state index contributed by atoms with van der Waals surface area (Å²) in [6.07, 6.45) is 6.20. The van der Waals surface area contributed by atoms with Crippen LogP contribution in [-0.2, 0) is 16.1 Å². The van der Waals surface area contributed by atoms with E-state index >= 15 is 0 Å². The third-order valence-corrected chi connectivity index (χ3v) is 4.18. The maximum Gasteiger partial charge on any atom is 0.0720 e. The van der Waals surface area contributed by atoms with Gasteiger partial charge in [0, 0.05) is 18.7 Å². The molecule has 1 spiro atoms. The van der Waals surface area contributed by atoms with Crippen molar-refractivity contribution >= 4 is 5.69 Å². The van der Waals surface area contributed by atoms with Crippen molar-refractivity contribution in [2.24, 2.45) is 0 Å². The summed E-state index contributed by atoms with van der Waals surface area (Å²) in [5.41, 5.74) is 7.84. The highest BCUT2D eigenvalue weighted by Crippen LogP contribution is 2.43. The second kappa shape index (κ2) is 4.90. The van der Waals surface area contributed by atoms with Crippen molar-refractivity contribution < 1.29 is 9.47 Å². The molecule has 0 amide bonds. The molecule has 0 bridgehead atoms. The fourth-order valence-corrected chi connectivity index (χ4v) is 2.87. The molecule has 1 aromatic rings. The minimum absolute atomic E-state index is 0.171. The molecule has 2 aliphatic rings. The molecule has 1 atom stereocenters. The summed E-state index contributed by atoms with van der Waals surface area (Å²) in [5, 5.41) is 0. The van der Waals surface area contributed by atoms with Crippen LogP contribution in [0.1, 0.15) is 37.7 Å². The summed E-state index contributed by atoms with van der Waals surface area (Å²) in [7, 11) is 0. The third-order valence-electron chi connectivity index (χ3n) is 4.18. The van der Waals surface area contributed by atoms with Crippen molar-refractivity contribution in [1.82, 2.24) is 0 Å². The molecule has 98 valence electrons. The van der Waals surface area contributed by atoms with Gasteiger partial charge in [0.2, 0.25) is 0 Å². The van der Waals surface area contributed by atoms with Gasteiger partial charge in [0.25, 0.3) is 0 Å². The van der Waals surface area contributed by atoms with Gasteiger partial charge in [-0.25, -0.2) is 0 Å². The maximum atomic E-state index is 6.02. The molecule has 0 radical (unpaired) electrons. The van der Waals surface area contributed by atoms with Crippen LogP contribution in [-0.4, -0.2) is 18.3 Å². The Morgan fingerprint density at radius 3 is 2.72 bits per heavy atom. The first kappa shape index (κ1) is 12.0. The summed E-state index contributed by atoms with van der Waals surface area (Å²) in [6, 6.07) is 7.92. The van der Waals surface area contributed by atoms with Crippen LogP contribution in [0.4, 0.5) is 5.69 Å². The van der Waals surface area contributed by atoms with Gasteiger partial charge in [-0.2, -0.15) is 0 Å². The SMILES string of the molecule is Nc1ccc(COC2CCOC3(CCC3)C2)cc1. The molecular weight excluding hydrogens is 226 g/mol. The molecule has 3 nitrogen and oxygen atoms in total. The van der Waals surface area contributed by atoms with E-state index in [-0.39, 0.29) is 5.60 Å². The molecule has 3 heteroatoms. The Balaban J connectivity index is 1.52. The quantitative estimate of drug-likeness (QED) is 0.835. The zero-order valence-electron chi connectivity index (χ0n) is 10.7. The lowest BCUT2D eigenvalue weighted by atomic mass is 9.74. The maximum absolute atomic E-state index is 6.02. The molecule has 1 aliphatic carbocycles. The minimum atomic E-state index is 0.171. The zero-order chi connectivity index (χ0) is 12.4. The first-order valence-electron chi connectivity index (χ1n) is 6.86. The second-order valence-electron chi connectivity index (χ2n) is 5.55. The summed E-state index contributed by atoms with van der Waals surface area (Å²) < 4.78 is 11.9. The predicted octanol–water partition coefficient (Wildman–Crippen LogP) is 2.89. The van der Waals surface area contributed by atoms with Crippen LogP contribution in [0.3, 0.4) is 0 Å². The number of hydrogen-bond donors (Lipinski definition) is 1. The van der Waals surface area contributed by atoms with Crippen molar-refractivity contribution in [3.63, 3.8) is 0 Å². The molecule has 18 heavy (non-hydrogen) atoms. The van der Waals surface area contributed by atoms with E-state index in [0.29, 0.717) is 12.7 Å². The van der Waals surface area contributed by atoms with E-state index in [1.807, 2.05) is 24.3 Å².